The van der Waals surface area contributed by atoms with E-state index >= 15 is 0 Å². The van der Waals surface area contributed by atoms with Gasteiger partial charge in [0.15, 0.2) is 0 Å². The van der Waals surface area contributed by atoms with Gasteiger partial charge in [0.25, 0.3) is 0 Å². The third-order valence-electron chi connectivity index (χ3n) is 5.50. The van der Waals surface area contributed by atoms with E-state index in [9.17, 15) is 0 Å². The van der Waals surface area contributed by atoms with Crippen molar-refractivity contribution in [3.8, 4) is 17.2 Å². The molecular formula is C24H22N2O3. The zero-order valence-corrected chi connectivity index (χ0v) is 16.4. The molecule has 0 N–H and O–H groups in total. The quantitative estimate of drug-likeness (QED) is 0.637. The first kappa shape index (κ1) is 17.6. The van der Waals surface area contributed by atoms with E-state index in [1.54, 1.807) is 14.2 Å². The number of hydrazone groups is 1. The number of rotatable bonds is 4. The molecule has 0 saturated carbocycles. The molecule has 0 fully saturated rings. The van der Waals surface area contributed by atoms with Gasteiger partial charge >= 0.3 is 0 Å². The molecule has 0 radical (unpaired) electrons. The minimum atomic E-state index is -0.266. The zero-order valence-electron chi connectivity index (χ0n) is 16.4. The van der Waals surface area contributed by atoms with Gasteiger partial charge in [-0.15, -0.1) is 0 Å². The molecule has 3 aromatic carbocycles. The Morgan fingerprint density at radius 3 is 2.34 bits per heavy atom. The van der Waals surface area contributed by atoms with E-state index in [1.165, 1.54) is 0 Å². The Hall–Kier alpha value is -3.47. The Morgan fingerprint density at radius 1 is 0.897 bits per heavy atom. The predicted molar refractivity (Wildman–Crippen MR) is 112 cm³/mol. The van der Waals surface area contributed by atoms with Crippen LogP contribution in [0, 0.1) is 0 Å². The summed E-state index contributed by atoms with van der Waals surface area (Å²) >= 11 is 0. The van der Waals surface area contributed by atoms with Gasteiger partial charge < -0.3 is 14.2 Å². The molecule has 146 valence electrons. The summed E-state index contributed by atoms with van der Waals surface area (Å²) in [7, 11) is 3.36. The minimum Gasteiger partial charge on any atom is -0.497 e. The van der Waals surface area contributed by atoms with E-state index in [4.69, 9.17) is 19.3 Å². The maximum Gasteiger partial charge on any atom is 0.213 e. The van der Waals surface area contributed by atoms with E-state index < -0.39 is 0 Å². The summed E-state index contributed by atoms with van der Waals surface area (Å²) in [6.45, 7) is 0. The lowest BCUT2D eigenvalue weighted by Crippen LogP contribution is -2.33. The van der Waals surface area contributed by atoms with Gasteiger partial charge in [-0.25, -0.2) is 5.01 Å². The maximum absolute atomic E-state index is 6.40. The van der Waals surface area contributed by atoms with Gasteiger partial charge in [0.1, 0.15) is 17.2 Å². The lowest BCUT2D eigenvalue weighted by atomic mass is 9.95. The fourth-order valence-corrected chi connectivity index (χ4v) is 3.99. The van der Waals surface area contributed by atoms with Crippen molar-refractivity contribution in [2.24, 2.45) is 5.10 Å². The summed E-state index contributed by atoms with van der Waals surface area (Å²) in [6.07, 6.45) is 0.539. The topological polar surface area (TPSA) is 43.3 Å². The van der Waals surface area contributed by atoms with E-state index in [1.807, 2.05) is 42.5 Å². The fraction of sp³-hybridized carbons (Fsp3) is 0.208. The Balaban J connectivity index is 1.57. The Bertz CT molecular complexity index is 1050. The lowest BCUT2D eigenvalue weighted by Gasteiger charge is -2.38. The van der Waals surface area contributed by atoms with Gasteiger partial charge in [-0.05, 0) is 48.0 Å². The number of benzene rings is 3. The third kappa shape index (κ3) is 3.09. The van der Waals surface area contributed by atoms with Crippen LogP contribution in [0.1, 0.15) is 35.4 Å². The summed E-state index contributed by atoms with van der Waals surface area (Å²) in [6, 6.07) is 24.4. The van der Waals surface area contributed by atoms with Crippen molar-refractivity contribution in [2.45, 2.75) is 18.7 Å². The highest BCUT2D eigenvalue weighted by Gasteiger charge is 2.41. The number of fused-ring (bicyclic) bond motifs is 3. The molecule has 0 amide bonds. The van der Waals surface area contributed by atoms with Gasteiger partial charge in [0, 0.05) is 17.5 Å². The molecule has 5 nitrogen and oxygen atoms in total. The molecule has 0 aliphatic carbocycles. The van der Waals surface area contributed by atoms with Crippen LogP contribution >= 0.6 is 0 Å². The molecule has 2 heterocycles. The van der Waals surface area contributed by atoms with Gasteiger partial charge in [0.2, 0.25) is 6.23 Å². The standard InChI is InChI=1S/C24H22N2O3/c1-27-18-10-8-16(9-11-18)21-15-22-20-14-19(28-2)12-13-23(20)29-24(26(22)25-21)17-6-4-3-5-7-17/h3-14,22,24H,15H2,1-2H3/t22-,24-/m1/s1. The van der Waals surface area contributed by atoms with E-state index in [0.717, 1.165) is 46.1 Å². The smallest absolute Gasteiger partial charge is 0.213 e. The Morgan fingerprint density at radius 2 is 1.62 bits per heavy atom. The van der Waals surface area contributed by atoms with Gasteiger partial charge in [-0.3, -0.25) is 0 Å². The zero-order chi connectivity index (χ0) is 19.8. The molecule has 5 rings (SSSR count). The Labute approximate surface area is 170 Å². The van der Waals surface area contributed by atoms with Crippen molar-refractivity contribution in [1.29, 1.82) is 0 Å². The van der Waals surface area contributed by atoms with E-state index in [-0.39, 0.29) is 12.3 Å². The van der Waals surface area contributed by atoms with Crippen molar-refractivity contribution >= 4 is 5.71 Å². The molecule has 5 heteroatoms. The van der Waals surface area contributed by atoms with Gasteiger partial charge in [-0.2, -0.15) is 5.10 Å². The van der Waals surface area contributed by atoms with Crippen LogP contribution in [0.15, 0.2) is 77.9 Å². The number of ether oxygens (including phenoxy) is 3. The van der Waals surface area contributed by atoms with Crippen LogP contribution in [0.25, 0.3) is 0 Å². The van der Waals surface area contributed by atoms with Crippen molar-refractivity contribution in [2.75, 3.05) is 14.2 Å². The van der Waals surface area contributed by atoms with Crippen LogP contribution in [-0.4, -0.2) is 24.9 Å². The molecule has 29 heavy (non-hydrogen) atoms. The van der Waals surface area contributed by atoms with Crippen LogP contribution in [0.3, 0.4) is 0 Å². The van der Waals surface area contributed by atoms with Crippen molar-refractivity contribution < 1.29 is 14.2 Å². The Kier molecular flexibility index (Phi) is 4.35. The first-order valence-electron chi connectivity index (χ1n) is 9.66. The maximum atomic E-state index is 6.40. The summed E-state index contributed by atoms with van der Waals surface area (Å²) in [5, 5.41) is 7.07. The minimum absolute atomic E-state index is 0.0937. The first-order valence-corrected chi connectivity index (χ1v) is 9.66. The summed E-state index contributed by atoms with van der Waals surface area (Å²) in [5.74, 6) is 2.54. The summed E-state index contributed by atoms with van der Waals surface area (Å²) in [5.41, 5.74) is 4.32. The molecule has 2 aliphatic rings. The first-order chi connectivity index (χ1) is 14.3. The highest BCUT2D eigenvalue weighted by molar-refractivity contribution is 6.02. The molecule has 2 atom stereocenters. The van der Waals surface area contributed by atoms with Crippen LogP contribution in [0.2, 0.25) is 0 Å². The molecule has 0 unspecified atom stereocenters. The number of methoxy groups -OCH3 is 2. The van der Waals surface area contributed by atoms with E-state index in [0.29, 0.717) is 0 Å². The fourth-order valence-electron chi connectivity index (χ4n) is 3.99. The highest BCUT2D eigenvalue weighted by Crippen LogP contribution is 2.48. The molecule has 3 aromatic rings. The summed E-state index contributed by atoms with van der Waals surface area (Å²) < 4.78 is 17.1. The highest BCUT2D eigenvalue weighted by atomic mass is 16.5. The number of hydrogen-bond donors (Lipinski definition) is 0. The second-order valence-corrected chi connectivity index (χ2v) is 7.16. The average Bonchev–Trinajstić information content (AvgIpc) is 3.24. The van der Waals surface area contributed by atoms with Crippen molar-refractivity contribution in [1.82, 2.24) is 5.01 Å². The molecule has 0 bridgehead atoms. The van der Waals surface area contributed by atoms with E-state index in [2.05, 4.69) is 35.3 Å². The van der Waals surface area contributed by atoms with Crippen LogP contribution < -0.4 is 14.2 Å². The molecule has 0 spiro atoms. The molecule has 0 saturated heterocycles. The van der Waals surface area contributed by atoms with Crippen molar-refractivity contribution in [3.05, 3.63) is 89.5 Å². The largest absolute Gasteiger partial charge is 0.497 e. The van der Waals surface area contributed by atoms with Gasteiger partial charge in [0.05, 0.1) is 26.0 Å². The average molecular weight is 386 g/mol. The lowest BCUT2D eigenvalue weighted by molar-refractivity contribution is -0.0191. The van der Waals surface area contributed by atoms with Crippen LogP contribution in [0.4, 0.5) is 0 Å². The van der Waals surface area contributed by atoms with Gasteiger partial charge in [-0.1, -0.05) is 30.3 Å². The third-order valence-corrected chi connectivity index (χ3v) is 5.50. The number of hydrogen-bond acceptors (Lipinski definition) is 5. The monoisotopic (exact) mass is 386 g/mol. The molecule has 0 aromatic heterocycles. The second kappa shape index (κ2) is 7.17. The molecular weight excluding hydrogens is 364 g/mol. The van der Waals surface area contributed by atoms with Crippen LogP contribution in [0.5, 0.6) is 17.2 Å². The number of nitrogens with zero attached hydrogens (tertiary/aromatic N) is 2. The van der Waals surface area contributed by atoms with Crippen LogP contribution in [-0.2, 0) is 0 Å². The predicted octanol–water partition coefficient (Wildman–Crippen LogP) is 4.95. The summed E-state index contributed by atoms with van der Waals surface area (Å²) in [4.78, 5) is 0. The molecule has 2 aliphatic heterocycles. The SMILES string of the molecule is COc1ccc(C2=NN3[C@H](C2)c2cc(OC)ccc2O[C@@H]3c2ccccc2)cc1. The van der Waals surface area contributed by atoms with Crippen molar-refractivity contribution in [3.63, 3.8) is 0 Å². The normalized spacial score (nSPS) is 19.7. The second-order valence-electron chi connectivity index (χ2n) is 7.16.